The number of aliphatic carboxylic acids is 1. The molecule has 0 unspecified atom stereocenters. The van der Waals surface area contributed by atoms with E-state index in [9.17, 15) is 23.1 Å². The van der Waals surface area contributed by atoms with Crippen molar-refractivity contribution in [3.63, 3.8) is 0 Å². The highest BCUT2D eigenvalue weighted by atomic mass is 32.2. The number of hydrogen-bond donors (Lipinski definition) is 3. The molecule has 2 fully saturated rings. The van der Waals surface area contributed by atoms with Crippen LogP contribution in [0.25, 0.3) is 0 Å². The molecule has 0 spiro atoms. The highest BCUT2D eigenvalue weighted by molar-refractivity contribution is 7.89. The van der Waals surface area contributed by atoms with Crippen molar-refractivity contribution in [2.75, 3.05) is 6.54 Å². The van der Waals surface area contributed by atoms with Gasteiger partial charge in [0.2, 0.25) is 15.9 Å². The zero-order valence-corrected chi connectivity index (χ0v) is 14.5. The summed E-state index contributed by atoms with van der Waals surface area (Å²) < 4.78 is 22.4. The number of rotatable bonds is 6. The smallest absolute Gasteiger partial charge is 0.307 e. The Kier molecular flexibility index (Phi) is 4.83. The van der Waals surface area contributed by atoms with E-state index in [1.165, 1.54) is 12.1 Å². The van der Waals surface area contributed by atoms with Gasteiger partial charge in [0.1, 0.15) is 0 Å². The van der Waals surface area contributed by atoms with Crippen molar-refractivity contribution in [1.29, 1.82) is 0 Å². The zero-order valence-electron chi connectivity index (χ0n) is 13.7. The van der Waals surface area contributed by atoms with Gasteiger partial charge in [-0.05, 0) is 55.2 Å². The summed E-state index contributed by atoms with van der Waals surface area (Å²) in [6.45, 7) is 0.383. The number of nitrogens with two attached hydrogens (primary N) is 1. The number of primary sulfonamides is 1. The molecule has 4 N–H and O–H groups in total. The van der Waals surface area contributed by atoms with Gasteiger partial charge in [0.25, 0.3) is 0 Å². The van der Waals surface area contributed by atoms with Crippen molar-refractivity contribution in [1.82, 2.24) is 5.32 Å². The number of nitrogens with one attached hydrogen (secondary N) is 1. The summed E-state index contributed by atoms with van der Waals surface area (Å²) in [5.74, 6) is -1.73. The van der Waals surface area contributed by atoms with E-state index in [1.807, 2.05) is 0 Å². The van der Waals surface area contributed by atoms with E-state index in [4.69, 9.17) is 5.14 Å². The van der Waals surface area contributed by atoms with Crippen molar-refractivity contribution >= 4 is 21.9 Å². The summed E-state index contributed by atoms with van der Waals surface area (Å²) in [4.78, 5) is 24.0. The van der Waals surface area contributed by atoms with Crippen LogP contribution in [0.4, 0.5) is 0 Å². The predicted molar refractivity (Wildman–Crippen MR) is 90.0 cm³/mol. The first-order valence-electron chi connectivity index (χ1n) is 8.39. The first-order valence-corrected chi connectivity index (χ1v) is 9.94. The Morgan fingerprint density at radius 3 is 2.28 bits per heavy atom. The van der Waals surface area contributed by atoms with Crippen molar-refractivity contribution < 1.29 is 23.1 Å². The number of sulfonamides is 1. The number of fused-ring (bicyclic) bond motifs is 2. The first kappa shape index (κ1) is 17.9. The molecule has 0 radical (unpaired) electrons. The molecule has 0 saturated heterocycles. The Morgan fingerprint density at radius 2 is 1.72 bits per heavy atom. The zero-order chi connectivity index (χ0) is 18.2. The van der Waals surface area contributed by atoms with Gasteiger partial charge < -0.3 is 10.4 Å². The second-order valence-corrected chi connectivity index (χ2v) is 8.51. The molecular formula is C17H22N2O5S. The molecule has 0 aromatic heterocycles. The van der Waals surface area contributed by atoms with Crippen LogP contribution in [0.2, 0.25) is 0 Å². The topological polar surface area (TPSA) is 127 Å². The van der Waals surface area contributed by atoms with E-state index in [-0.39, 0.29) is 22.6 Å². The minimum Gasteiger partial charge on any atom is -0.481 e. The van der Waals surface area contributed by atoms with Crippen molar-refractivity contribution in [2.45, 2.75) is 30.6 Å². The summed E-state index contributed by atoms with van der Waals surface area (Å²) in [5.41, 5.74) is 0.871. The second-order valence-electron chi connectivity index (χ2n) is 6.95. The quantitative estimate of drug-likeness (QED) is 0.684. The number of carboxylic acid groups (broad SMARTS) is 1. The fraction of sp³-hybridized carbons (Fsp3) is 0.529. The van der Waals surface area contributed by atoms with Gasteiger partial charge in [0, 0.05) is 6.54 Å². The second kappa shape index (κ2) is 6.76. The molecule has 0 heterocycles. The van der Waals surface area contributed by atoms with Gasteiger partial charge in [0.15, 0.2) is 0 Å². The van der Waals surface area contributed by atoms with Crippen molar-refractivity contribution in [3.8, 4) is 0 Å². The number of carbonyl (C=O) groups is 2. The van der Waals surface area contributed by atoms with E-state index in [1.54, 1.807) is 12.1 Å². The van der Waals surface area contributed by atoms with Gasteiger partial charge in [0.05, 0.1) is 16.7 Å². The van der Waals surface area contributed by atoms with Crippen molar-refractivity contribution in [3.05, 3.63) is 29.8 Å². The lowest BCUT2D eigenvalue weighted by Gasteiger charge is -2.27. The molecule has 1 aromatic carbocycles. The van der Waals surface area contributed by atoms with Crippen LogP contribution in [0, 0.1) is 23.7 Å². The van der Waals surface area contributed by atoms with Crippen LogP contribution in [-0.4, -0.2) is 31.9 Å². The van der Waals surface area contributed by atoms with E-state index in [0.717, 1.165) is 24.8 Å². The van der Waals surface area contributed by atoms with E-state index >= 15 is 0 Å². The van der Waals surface area contributed by atoms with Gasteiger partial charge in [-0.2, -0.15) is 0 Å². The molecule has 136 valence electrons. The van der Waals surface area contributed by atoms with Crippen LogP contribution in [0.5, 0.6) is 0 Å². The molecule has 2 aliphatic carbocycles. The van der Waals surface area contributed by atoms with E-state index in [0.29, 0.717) is 13.0 Å². The summed E-state index contributed by atoms with van der Waals surface area (Å²) in [6.07, 6.45) is 3.21. The number of carboxylic acids is 1. The van der Waals surface area contributed by atoms with Crippen LogP contribution in [0.3, 0.4) is 0 Å². The fourth-order valence-electron chi connectivity index (χ4n) is 4.32. The molecule has 7 nitrogen and oxygen atoms in total. The Balaban J connectivity index is 1.55. The predicted octanol–water partition coefficient (Wildman–Crippen LogP) is 0.740. The minimum absolute atomic E-state index is 0.0477. The van der Waals surface area contributed by atoms with E-state index < -0.39 is 27.8 Å². The highest BCUT2D eigenvalue weighted by Gasteiger charge is 2.53. The van der Waals surface area contributed by atoms with E-state index in [2.05, 4.69) is 5.32 Å². The van der Waals surface area contributed by atoms with Crippen LogP contribution >= 0.6 is 0 Å². The third-order valence-electron chi connectivity index (χ3n) is 5.47. The Morgan fingerprint density at radius 1 is 1.12 bits per heavy atom. The van der Waals surface area contributed by atoms with Crippen LogP contribution in [-0.2, 0) is 26.0 Å². The van der Waals surface area contributed by atoms with Crippen molar-refractivity contribution in [2.24, 2.45) is 28.8 Å². The number of carbonyl (C=O) groups excluding carboxylic acids is 1. The molecule has 2 aliphatic rings. The lowest BCUT2D eigenvalue weighted by molar-refractivity contribution is -0.149. The maximum atomic E-state index is 12.5. The largest absolute Gasteiger partial charge is 0.481 e. The normalized spacial score (nSPS) is 28.0. The minimum atomic E-state index is -3.71. The Hall–Kier alpha value is -1.93. The average molecular weight is 366 g/mol. The monoisotopic (exact) mass is 366 g/mol. The Bertz CT molecular complexity index is 775. The van der Waals surface area contributed by atoms with Gasteiger partial charge in [-0.1, -0.05) is 12.1 Å². The summed E-state index contributed by atoms with van der Waals surface area (Å²) in [7, 11) is -3.71. The number of hydrogen-bond acceptors (Lipinski definition) is 4. The van der Waals surface area contributed by atoms with Crippen LogP contribution in [0.1, 0.15) is 24.8 Å². The van der Waals surface area contributed by atoms with Crippen LogP contribution < -0.4 is 10.5 Å². The highest BCUT2D eigenvalue weighted by Crippen LogP contribution is 2.52. The lowest BCUT2D eigenvalue weighted by atomic mass is 9.78. The van der Waals surface area contributed by atoms with Gasteiger partial charge in [-0.25, -0.2) is 13.6 Å². The number of benzene rings is 1. The SMILES string of the molecule is NS(=O)(=O)c1ccc(CCNC(=O)[C@@H]2[C@@H]3CC[C@@H](C3)[C@@H]2C(=O)O)cc1. The molecule has 8 heteroatoms. The third-order valence-corrected chi connectivity index (χ3v) is 6.40. The molecule has 3 rings (SSSR count). The Labute approximate surface area is 146 Å². The first-order chi connectivity index (χ1) is 11.8. The molecule has 2 bridgehead atoms. The van der Waals surface area contributed by atoms with Crippen LogP contribution in [0.15, 0.2) is 29.2 Å². The standard InChI is InChI=1S/C17H22N2O5S/c18-25(23,24)13-5-1-10(2-6-13)7-8-19-16(20)14-11-3-4-12(9-11)15(14)17(21)22/h1-2,5-6,11-12,14-15H,3-4,7-9H2,(H,19,20)(H,21,22)(H2,18,23,24)/t11-,12+,14-,15+/m1/s1. The molecular weight excluding hydrogens is 344 g/mol. The molecule has 1 amide bonds. The maximum absolute atomic E-state index is 12.5. The lowest BCUT2D eigenvalue weighted by Crippen LogP contribution is -2.41. The third kappa shape index (κ3) is 3.69. The summed E-state index contributed by atoms with van der Waals surface area (Å²) in [5, 5.41) is 17.3. The average Bonchev–Trinajstić information content (AvgIpc) is 3.15. The number of amides is 1. The van der Waals surface area contributed by atoms with Gasteiger partial charge >= 0.3 is 5.97 Å². The molecule has 4 atom stereocenters. The van der Waals surface area contributed by atoms with Gasteiger partial charge in [-0.3, -0.25) is 9.59 Å². The molecule has 1 aromatic rings. The molecule has 0 aliphatic heterocycles. The molecule has 2 saturated carbocycles. The summed E-state index contributed by atoms with van der Waals surface area (Å²) in [6, 6.07) is 6.18. The molecule has 25 heavy (non-hydrogen) atoms. The van der Waals surface area contributed by atoms with Gasteiger partial charge in [-0.15, -0.1) is 0 Å². The maximum Gasteiger partial charge on any atom is 0.307 e. The fourth-order valence-corrected chi connectivity index (χ4v) is 4.83. The summed E-state index contributed by atoms with van der Waals surface area (Å²) >= 11 is 0.